The van der Waals surface area contributed by atoms with Gasteiger partial charge in [0, 0.05) is 5.70 Å². The monoisotopic (exact) mass is 334 g/mol. The van der Waals surface area contributed by atoms with Crippen LogP contribution in [0.5, 0.6) is 0 Å². The highest BCUT2D eigenvalue weighted by Gasteiger charge is 2.19. The summed E-state index contributed by atoms with van der Waals surface area (Å²) in [6.45, 7) is 9.81. The predicted molar refractivity (Wildman–Crippen MR) is 85.0 cm³/mol. The molecular weight excluding hydrogens is 323 g/mol. The first kappa shape index (κ1) is 16.4. The summed E-state index contributed by atoms with van der Waals surface area (Å²) in [5.74, 6) is 0. The molecule has 19 heavy (non-hydrogen) atoms. The second-order valence-electron chi connectivity index (χ2n) is 3.93. The fourth-order valence-electron chi connectivity index (χ4n) is 1.49. The second kappa shape index (κ2) is 7.21. The lowest BCUT2D eigenvalue weighted by molar-refractivity contribution is 0.758. The van der Waals surface area contributed by atoms with Crippen LogP contribution < -0.4 is 5.32 Å². The van der Waals surface area contributed by atoms with Crippen LogP contribution in [-0.2, 0) is 0 Å². The first-order valence-electron chi connectivity index (χ1n) is 5.58. The normalized spacial score (nSPS) is 11.7. The Morgan fingerprint density at radius 2 is 2.00 bits per heavy atom. The molecule has 6 heteroatoms. The van der Waals surface area contributed by atoms with Crippen LogP contribution in [0.2, 0.25) is 14.4 Å². The highest BCUT2D eigenvalue weighted by Crippen LogP contribution is 2.42. The van der Waals surface area contributed by atoms with E-state index in [1.54, 1.807) is 0 Å². The molecule has 1 aromatic heterocycles. The van der Waals surface area contributed by atoms with Gasteiger partial charge in [-0.3, -0.25) is 0 Å². The van der Waals surface area contributed by atoms with Crippen molar-refractivity contribution in [2.24, 2.45) is 0 Å². The standard InChI is InChI=1S/C13H13Cl3N2S/c1-4-5-7(2)9(6-17)18-8(3)12-10(14)11(15)13(16)19-12/h9,18H,2-5H2,1H3. The largest absolute Gasteiger partial charge is 0.366 e. The highest BCUT2D eigenvalue weighted by atomic mass is 35.5. The van der Waals surface area contributed by atoms with E-state index in [0.29, 0.717) is 25.0 Å². The van der Waals surface area contributed by atoms with Crippen molar-refractivity contribution in [3.05, 3.63) is 38.0 Å². The Bertz CT molecular complexity index is 543. The molecule has 0 saturated carbocycles. The van der Waals surface area contributed by atoms with Gasteiger partial charge in [0.2, 0.25) is 0 Å². The molecule has 1 heterocycles. The maximum absolute atomic E-state index is 9.15. The smallest absolute Gasteiger partial charge is 0.135 e. The zero-order valence-corrected chi connectivity index (χ0v) is 13.5. The van der Waals surface area contributed by atoms with Gasteiger partial charge in [0.05, 0.1) is 21.0 Å². The van der Waals surface area contributed by atoms with Crippen molar-refractivity contribution in [1.29, 1.82) is 5.26 Å². The Balaban J connectivity index is 2.87. The molecule has 1 atom stereocenters. The van der Waals surface area contributed by atoms with E-state index in [9.17, 15) is 0 Å². The average molecular weight is 336 g/mol. The van der Waals surface area contributed by atoms with E-state index < -0.39 is 6.04 Å². The number of nitrogens with zero attached hydrogens (tertiary/aromatic N) is 1. The number of hydrogen-bond acceptors (Lipinski definition) is 3. The molecule has 0 aliphatic rings. The minimum Gasteiger partial charge on any atom is -0.366 e. The third-order valence-corrected chi connectivity index (χ3v) is 5.09. The van der Waals surface area contributed by atoms with Gasteiger partial charge < -0.3 is 5.32 Å². The van der Waals surface area contributed by atoms with E-state index in [-0.39, 0.29) is 0 Å². The Labute approximate surface area is 132 Å². The van der Waals surface area contributed by atoms with Gasteiger partial charge in [-0.25, -0.2) is 0 Å². The number of nitrogens with one attached hydrogen (secondary N) is 1. The molecular formula is C13H13Cl3N2S. The van der Waals surface area contributed by atoms with Gasteiger partial charge in [-0.2, -0.15) is 5.26 Å². The third-order valence-electron chi connectivity index (χ3n) is 2.46. The van der Waals surface area contributed by atoms with Gasteiger partial charge in [-0.05, 0) is 12.0 Å². The quantitative estimate of drug-likeness (QED) is 0.695. The molecule has 102 valence electrons. The van der Waals surface area contributed by atoms with Crippen LogP contribution >= 0.6 is 46.1 Å². The SMILES string of the molecule is C=C(NC(C#N)C(=C)CCC)c1sc(Cl)c(Cl)c1Cl. The molecule has 0 aliphatic heterocycles. The van der Waals surface area contributed by atoms with Crippen molar-refractivity contribution < 1.29 is 0 Å². The Hall–Kier alpha value is -0.660. The first-order valence-corrected chi connectivity index (χ1v) is 7.53. The third kappa shape index (κ3) is 3.90. The van der Waals surface area contributed by atoms with Crippen molar-refractivity contribution in [3.63, 3.8) is 0 Å². The predicted octanol–water partition coefficient (Wildman–Crippen LogP) is 5.52. The summed E-state index contributed by atoms with van der Waals surface area (Å²) < 4.78 is 0.408. The van der Waals surface area contributed by atoms with Crippen molar-refractivity contribution in [1.82, 2.24) is 5.32 Å². The molecule has 0 radical (unpaired) electrons. The van der Waals surface area contributed by atoms with E-state index in [0.717, 1.165) is 18.4 Å². The summed E-state index contributed by atoms with van der Waals surface area (Å²) in [7, 11) is 0. The Kier molecular flexibility index (Phi) is 6.22. The highest BCUT2D eigenvalue weighted by molar-refractivity contribution is 7.18. The molecule has 0 aromatic carbocycles. The van der Waals surface area contributed by atoms with Crippen LogP contribution in [0.15, 0.2) is 18.7 Å². The maximum Gasteiger partial charge on any atom is 0.135 e. The maximum atomic E-state index is 9.15. The van der Waals surface area contributed by atoms with Crippen molar-refractivity contribution in [3.8, 4) is 6.07 Å². The molecule has 1 N–H and O–H groups in total. The van der Waals surface area contributed by atoms with E-state index in [1.165, 1.54) is 11.3 Å². The molecule has 2 nitrogen and oxygen atoms in total. The van der Waals surface area contributed by atoms with E-state index in [1.807, 2.05) is 6.92 Å². The second-order valence-corrected chi connectivity index (χ2v) is 6.30. The van der Waals surface area contributed by atoms with Gasteiger partial charge in [0.15, 0.2) is 0 Å². The van der Waals surface area contributed by atoms with Crippen LogP contribution in [0.25, 0.3) is 5.70 Å². The summed E-state index contributed by atoms with van der Waals surface area (Å²) in [4.78, 5) is 0.640. The van der Waals surface area contributed by atoms with E-state index in [4.69, 9.17) is 40.1 Å². The molecule has 1 rings (SSSR count). The molecule has 0 amide bonds. The Morgan fingerprint density at radius 1 is 1.37 bits per heavy atom. The number of nitriles is 1. The lowest BCUT2D eigenvalue weighted by Gasteiger charge is -2.16. The van der Waals surface area contributed by atoms with Crippen LogP contribution in [0.3, 0.4) is 0 Å². The van der Waals surface area contributed by atoms with Crippen molar-refractivity contribution in [2.45, 2.75) is 25.8 Å². The van der Waals surface area contributed by atoms with Gasteiger partial charge in [0.25, 0.3) is 0 Å². The van der Waals surface area contributed by atoms with Crippen molar-refractivity contribution >= 4 is 51.8 Å². The van der Waals surface area contributed by atoms with Gasteiger partial charge in [-0.15, -0.1) is 11.3 Å². The zero-order chi connectivity index (χ0) is 14.6. The van der Waals surface area contributed by atoms with E-state index >= 15 is 0 Å². The molecule has 0 bridgehead atoms. The fourth-order valence-corrected chi connectivity index (χ4v) is 3.26. The molecule has 0 fully saturated rings. The lowest BCUT2D eigenvalue weighted by atomic mass is 10.1. The molecule has 0 saturated heterocycles. The number of rotatable bonds is 6. The Morgan fingerprint density at radius 3 is 2.42 bits per heavy atom. The fraction of sp³-hybridized carbons (Fsp3) is 0.308. The first-order chi connectivity index (χ1) is 8.92. The average Bonchev–Trinajstić information content (AvgIpc) is 2.63. The number of hydrogen-bond donors (Lipinski definition) is 1. The minimum atomic E-state index is -0.497. The summed E-state index contributed by atoms with van der Waals surface area (Å²) >= 11 is 19.1. The number of halogens is 3. The number of thiophene rings is 1. The van der Waals surface area contributed by atoms with Gasteiger partial charge >= 0.3 is 0 Å². The minimum absolute atomic E-state index is 0.312. The molecule has 1 unspecified atom stereocenters. The van der Waals surface area contributed by atoms with Crippen LogP contribution in [0, 0.1) is 11.3 Å². The van der Waals surface area contributed by atoms with E-state index in [2.05, 4.69) is 24.5 Å². The molecule has 0 aliphatic carbocycles. The van der Waals surface area contributed by atoms with Crippen LogP contribution in [0.4, 0.5) is 0 Å². The summed E-state index contributed by atoms with van der Waals surface area (Å²) in [6, 6.07) is 1.66. The van der Waals surface area contributed by atoms with Crippen LogP contribution in [-0.4, -0.2) is 6.04 Å². The van der Waals surface area contributed by atoms with Crippen LogP contribution in [0.1, 0.15) is 24.6 Å². The zero-order valence-electron chi connectivity index (χ0n) is 10.4. The molecule has 1 aromatic rings. The topological polar surface area (TPSA) is 35.8 Å². The molecule has 0 spiro atoms. The van der Waals surface area contributed by atoms with Gasteiger partial charge in [-0.1, -0.05) is 61.3 Å². The van der Waals surface area contributed by atoms with Gasteiger partial charge in [0.1, 0.15) is 10.4 Å². The summed E-state index contributed by atoms with van der Waals surface area (Å²) in [6.07, 6.45) is 1.71. The summed E-state index contributed by atoms with van der Waals surface area (Å²) in [5, 5.41) is 12.8. The summed E-state index contributed by atoms with van der Waals surface area (Å²) in [5.41, 5.74) is 1.34. The van der Waals surface area contributed by atoms with Crippen molar-refractivity contribution in [2.75, 3.05) is 0 Å². The lowest BCUT2D eigenvalue weighted by Crippen LogP contribution is -2.27.